The van der Waals surface area contributed by atoms with E-state index in [9.17, 15) is 4.39 Å². The number of aromatic nitrogens is 3. The lowest BCUT2D eigenvalue weighted by Gasteiger charge is -2.09. The number of benzene rings is 1. The van der Waals surface area contributed by atoms with E-state index in [-0.39, 0.29) is 5.82 Å². The lowest BCUT2D eigenvalue weighted by Crippen LogP contribution is -1.95. The van der Waals surface area contributed by atoms with Gasteiger partial charge < -0.3 is 4.98 Å². The molecule has 0 aliphatic rings. The molecule has 2 aromatic heterocycles. The summed E-state index contributed by atoms with van der Waals surface area (Å²) in [6.45, 7) is 2.10. The molecule has 7 heteroatoms. The molecule has 1 aromatic carbocycles. The number of rotatable bonds is 7. The van der Waals surface area contributed by atoms with Gasteiger partial charge in [0.15, 0.2) is 5.16 Å². The maximum atomic E-state index is 13.2. The summed E-state index contributed by atoms with van der Waals surface area (Å²) in [5.74, 6) is 2.14. The number of imidazole rings is 1. The standard InChI is InChI=1S/C17H17ClFN3S2/c1-11-15(20-7-5-16(11)23-8-2-6-18)10-24-17-21-13-4-3-12(19)9-14(13)22-17/h3-5,7,9H,2,6,8,10H2,1H3,(H,21,22). The molecule has 2 heterocycles. The van der Waals surface area contributed by atoms with Crippen LogP contribution in [0.1, 0.15) is 17.7 Å². The summed E-state index contributed by atoms with van der Waals surface area (Å²) in [5.41, 5.74) is 3.73. The van der Waals surface area contributed by atoms with Gasteiger partial charge in [0.05, 0.1) is 16.7 Å². The molecule has 0 spiro atoms. The minimum absolute atomic E-state index is 0.273. The van der Waals surface area contributed by atoms with E-state index in [1.807, 2.05) is 24.0 Å². The second-order valence-electron chi connectivity index (χ2n) is 5.26. The van der Waals surface area contributed by atoms with Crippen molar-refractivity contribution in [2.24, 2.45) is 0 Å². The summed E-state index contributed by atoms with van der Waals surface area (Å²) in [4.78, 5) is 13.4. The van der Waals surface area contributed by atoms with Gasteiger partial charge in [-0.1, -0.05) is 11.8 Å². The number of pyridine rings is 1. The average molecular weight is 382 g/mol. The first-order chi connectivity index (χ1) is 11.7. The normalized spacial score (nSPS) is 11.3. The molecule has 0 aliphatic heterocycles. The van der Waals surface area contributed by atoms with Crippen LogP contribution < -0.4 is 0 Å². The number of alkyl halides is 1. The first kappa shape index (κ1) is 17.6. The van der Waals surface area contributed by atoms with E-state index >= 15 is 0 Å². The van der Waals surface area contributed by atoms with Crippen molar-refractivity contribution >= 4 is 46.2 Å². The molecule has 3 aromatic rings. The SMILES string of the molecule is Cc1c(SCCCCl)ccnc1CSc1nc2cc(F)ccc2[nH]1. The highest BCUT2D eigenvalue weighted by Gasteiger charge is 2.09. The molecule has 0 radical (unpaired) electrons. The van der Waals surface area contributed by atoms with Crippen LogP contribution in [0, 0.1) is 12.7 Å². The van der Waals surface area contributed by atoms with Crippen LogP contribution in [0.2, 0.25) is 0 Å². The monoisotopic (exact) mass is 381 g/mol. The van der Waals surface area contributed by atoms with Gasteiger partial charge in [-0.3, -0.25) is 4.98 Å². The molecular weight excluding hydrogens is 365 g/mol. The van der Waals surface area contributed by atoms with E-state index in [0.29, 0.717) is 11.4 Å². The smallest absolute Gasteiger partial charge is 0.166 e. The Hall–Kier alpha value is -1.24. The second kappa shape index (κ2) is 8.23. The molecule has 3 nitrogen and oxygen atoms in total. The third-order valence-corrected chi connectivity index (χ3v) is 5.96. The molecule has 0 saturated heterocycles. The van der Waals surface area contributed by atoms with Crippen molar-refractivity contribution in [2.75, 3.05) is 11.6 Å². The third kappa shape index (κ3) is 4.23. The molecule has 0 bridgehead atoms. The Kier molecular flexibility index (Phi) is 6.03. The predicted molar refractivity (Wildman–Crippen MR) is 101 cm³/mol. The van der Waals surface area contributed by atoms with Crippen LogP contribution in [0.4, 0.5) is 4.39 Å². The quantitative estimate of drug-likeness (QED) is 0.337. The molecule has 126 valence electrons. The van der Waals surface area contributed by atoms with Crippen LogP contribution in [-0.2, 0) is 5.75 Å². The lowest BCUT2D eigenvalue weighted by atomic mass is 10.2. The van der Waals surface area contributed by atoms with Crippen LogP contribution in [-0.4, -0.2) is 26.6 Å². The first-order valence-electron chi connectivity index (χ1n) is 7.58. The molecule has 0 fully saturated rings. The number of halogens is 2. The molecule has 0 aliphatic carbocycles. The minimum Gasteiger partial charge on any atom is -0.333 e. The van der Waals surface area contributed by atoms with Crippen molar-refractivity contribution in [1.29, 1.82) is 0 Å². The van der Waals surface area contributed by atoms with Gasteiger partial charge in [-0.2, -0.15) is 0 Å². The van der Waals surface area contributed by atoms with Gasteiger partial charge in [-0.25, -0.2) is 9.37 Å². The highest BCUT2D eigenvalue weighted by atomic mass is 35.5. The number of H-pyrrole nitrogens is 1. The summed E-state index contributed by atoms with van der Waals surface area (Å²) in [6, 6.07) is 6.63. The number of fused-ring (bicyclic) bond motifs is 1. The fourth-order valence-electron chi connectivity index (χ4n) is 2.26. The largest absolute Gasteiger partial charge is 0.333 e. The van der Waals surface area contributed by atoms with Crippen LogP contribution in [0.3, 0.4) is 0 Å². The summed E-state index contributed by atoms with van der Waals surface area (Å²) in [5, 5.41) is 0.775. The molecule has 0 unspecified atom stereocenters. The zero-order chi connectivity index (χ0) is 16.9. The molecule has 3 rings (SSSR count). The zero-order valence-corrected chi connectivity index (χ0v) is 15.6. The van der Waals surface area contributed by atoms with Crippen molar-refractivity contribution in [3.63, 3.8) is 0 Å². The lowest BCUT2D eigenvalue weighted by molar-refractivity contribution is 0.629. The van der Waals surface area contributed by atoms with Gasteiger partial charge in [0.25, 0.3) is 0 Å². The van der Waals surface area contributed by atoms with Gasteiger partial charge in [0.1, 0.15) is 5.82 Å². The summed E-state index contributed by atoms with van der Waals surface area (Å²) >= 11 is 9.13. The van der Waals surface area contributed by atoms with Gasteiger partial charge >= 0.3 is 0 Å². The van der Waals surface area contributed by atoms with E-state index in [4.69, 9.17) is 11.6 Å². The number of hydrogen-bond donors (Lipinski definition) is 1. The molecule has 0 amide bonds. The van der Waals surface area contributed by atoms with Crippen molar-refractivity contribution in [3.8, 4) is 0 Å². The van der Waals surface area contributed by atoms with Crippen LogP contribution >= 0.6 is 35.1 Å². The van der Waals surface area contributed by atoms with Gasteiger partial charge in [0, 0.05) is 28.8 Å². The number of nitrogens with one attached hydrogen (secondary N) is 1. The second-order valence-corrected chi connectivity index (χ2v) is 7.74. The molecule has 0 atom stereocenters. The molecule has 24 heavy (non-hydrogen) atoms. The average Bonchev–Trinajstić information content (AvgIpc) is 2.97. The molecule has 1 N–H and O–H groups in total. The fraction of sp³-hybridized carbons (Fsp3) is 0.294. The highest BCUT2D eigenvalue weighted by molar-refractivity contribution is 7.99. The Morgan fingerprint density at radius 2 is 2.12 bits per heavy atom. The van der Waals surface area contributed by atoms with Crippen LogP contribution in [0.15, 0.2) is 40.5 Å². The number of thioether (sulfide) groups is 2. The Morgan fingerprint density at radius 3 is 2.96 bits per heavy atom. The number of aromatic amines is 1. The molecular formula is C17H17ClFN3S2. The van der Waals surface area contributed by atoms with Crippen LogP contribution in [0.25, 0.3) is 11.0 Å². The maximum absolute atomic E-state index is 13.2. The maximum Gasteiger partial charge on any atom is 0.166 e. The Balaban J connectivity index is 1.70. The predicted octanol–water partition coefficient (Wildman–Crippen LogP) is 5.42. The summed E-state index contributed by atoms with van der Waals surface area (Å²) in [6.07, 6.45) is 2.84. The third-order valence-electron chi connectivity index (χ3n) is 3.56. The fourth-order valence-corrected chi connectivity index (χ4v) is 4.46. The minimum atomic E-state index is -0.273. The summed E-state index contributed by atoms with van der Waals surface area (Å²) in [7, 11) is 0. The van der Waals surface area contributed by atoms with E-state index in [2.05, 4.69) is 21.9 Å². The van der Waals surface area contributed by atoms with E-state index < -0.39 is 0 Å². The Bertz CT molecular complexity index is 838. The number of hydrogen-bond acceptors (Lipinski definition) is 4. The van der Waals surface area contributed by atoms with Crippen molar-refractivity contribution < 1.29 is 4.39 Å². The van der Waals surface area contributed by atoms with E-state index in [1.54, 1.807) is 17.8 Å². The zero-order valence-electron chi connectivity index (χ0n) is 13.2. The van der Waals surface area contributed by atoms with Gasteiger partial charge in [0.2, 0.25) is 0 Å². The Morgan fingerprint density at radius 1 is 1.25 bits per heavy atom. The highest BCUT2D eigenvalue weighted by Crippen LogP contribution is 2.28. The van der Waals surface area contributed by atoms with Crippen LogP contribution in [0.5, 0.6) is 0 Å². The Labute approximate surface area is 153 Å². The van der Waals surface area contributed by atoms with Crippen molar-refractivity contribution in [2.45, 2.75) is 29.1 Å². The van der Waals surface area contributed by atoms with Crippen molar-refractivity contribution in [3.05, 3.63) is 47.5 Å². The number of nitrogens with zero attached hydrogens (tertiary/aromatic N) is 2. The van der Waals surface area contributed by atoms with E-state index in [0.717, 1.165) is 34.3 Å². The summed E-state index contributed by atoms with van der Waals surface area (Å²) < 4.78 is 13.2. The first-order valence-corrected chi connectivity index (χ1v) is 10.1. The van der Waals surface area contributed by atoms with E-state index in [1.165, 1.54) is 22.6 Å². The van der Waals surface area contributed by atoms with Gasteiger partial charge in [-0.15, -0.1) is 23.4 Å². The van der Waals surface area contributed by atoms with Gasteiger partial charge in [-0.05, 0) is 42.9 Å². The van der Waals surface area contributed by atoms with Crippen molar-refractivity contribution in [1.82, 2.24) is 15.0 Å². The topological polar surface area (TPSA) is 41.6 Å². The molecule has 0 saturated carbocycles.